The predicted molar refractivity (Wildman–Crippen MR) is 85.3 cm³/mol. The fourth-order valence-electron chi connectivity index (χ4n) is 2.81. The molecule has 27 heavy (non-hydrogen) atoms. The molecule has 1 saturated heterocycles. The maximum atomic E-state index is 12.5. The molecule has 0 saturated carbocycles. The SMILES string of the molecule is O=C(c1ccc(Cl)c([N+](=O)[O-])c1)N1CCC(c2nnc(C(F)(F)F)o2)CC1. The summed E-state index contributed by atoms with van der Waals surface area (Å²) in [6.07, 6.45) is -4.03. The summed E-state index contributed by atoms with van der Waals surface area (Å²) in [5, 5.41) is 17.3. The van der Waals surface area contributed by atoms with Gasteiger partial charge in [-0.15, -0.1) is 10.2 Å². The van der Waals surface area contributed by atoms with Crippen molar-refractivity contribution in [2.45, 2.75) is 24.9 Å². The van der Waals surface area contributed by atoms with E-state index < -0.39 is 28.8 Å². The molecule has 1 amide bonds. The van der Waals surface area contributed by atoms with E-state index in [9.17, 15) is 28.1 Å². The molecular formula is C15H12ClF3N4O4. The van der Waals surface area contributed by atoms with E-state index >= 15 is 0 Å². The van der Waals surface area contributed by atoms with Gasteiger partial charge in [-0.2, -0.15) is 13.2 Å². The van der Waals surface area contributed by atoms with Crippen molar-refractivity contribution in [3.8, 4) is 0 Å². The van der Waals surface area contributed by atoms with E-state index in [1.54, 1.807) is 0 Å². The summed E-state index contributed by atoms with van der Waals surface area (Å²) < 4.78 is 42.3. The summed E-state index contributed by atoms with van der Waals surface area (Å²) in [5.41, 5.74) is -0.260. The standard InChI is InChI=1S/C15H12ClF3N4O4/c16-10-2-1-9(7-11(10)23(25)26)13(24)22-5-3-8(4-6-22)12-20-21-14(27-12)15(17,18)19/h1-2,7-8H,3-6H2. The second-order valence-corrected chi connectivity index (χ2v) is 6.34. The first-order chi connectivity index (χ1) is 12.7. The molecule has 2 heterocycles. The first-order valence-corrected chi connectivity index (χ1v) is 8.18. The van der Waals surface area contributed by atoms with Gasteiger partial charge in [-0.3, -0.25) is 14.9 Å². The summed E-state index contributed by atoms with van der Waals surface area (Å²) in [6.45, 7) is 0.479. The number of carbonyl (C=O) groups is 1. The van der Waals surface area contributed by atoms with Crippen molar-refractivity contribution in [3.05, 3.63) is 50.7 Å². The molecular weight excluding hydrogens is 393 g/mol. The Morgan fingerprint density at radius 3 is 2.52 bits per heavy atom. The van der Waals surface area contributed by atoms with Gasteiger partial charge < -0.3 is 9.32 Å². The molecule has 12 heteroatoms. The van der Waals surface area contributed by atoms with E-state index in [0.717, 1.165) is 6.07 Å². The number of nitrogens with zero attached hydrogens (tertiary/aromatic N) is 4. The Labute approximate surface area is 155 Å². The van der Waals surface area contributed by atoms with Gasteiger partial charge in [0.1, 0.15) is 5.02 Å². The van der Waals surface area contributed by atoms with E-state index in [1.807, 2.05) is 0 Å². The van der Waals surface area contributed by atoms with Crippen molar-refractivity contribution in [1.82, 2.24) is 15.1 Å². The molecule has 1 aliphatic rings. The number of nitro groups is 1. The van der Waals surface area contributed by atoms with Crippen LogP contribution in [0.2, 0.25) is 5.02 Å². The minimum Gasteiger partial charge on any atom is -0.417 e. The molecule has 1 aliphatic heterocycles. The van der Waals surface area contributed by atoms with Crippen molar-refractivity contribution in [1.29, 1.82) is 0 Å². The average Bonchev–Trinajstić information content (AvgIpc) is 3.12. The van der Waals surface area contributed by atoms with Crippen molar-refractivity contribution in [2.75, 3.05) is 13.1 Å². The van der Waals surface area contributed by atoms with Gasteiger partial charge in [0.25, 0.3) is 11.6 Å². The quantitative estimate of drug-likeness (QED) is 0.571. The molecule has 144 valence electrons. The Balaban J connectivity index is 1.67. The van der Waals surface area contributed by atoms with E-state index in [2.05, 4.69) is 14.6 Å². The van der Waals surface area contributed by atoms with Crippen molar-refractivity contribution < 1.29 is 27.3 Å². The van der Waals surface area contributed by atoms with Gasteiger partial charge in [0, 0.05) is 30.6 Å². The highest BCUT2D eigenvalue weighted by Gasteiger charge is 2.39. The van der Waals surface area contributed by atoms with Gasteiger partial charge >= 0.3 is 12.1 Å². The van der Waals surface area contributed by atoms with E-state index in [0.29, 0.717) is 12.8 Å². The number of piperidine rings is 1. The number of likely N-dealkylation sites (tertiary alicyclic amines) is 1. The van der Waals surface area contributed by atoms with Crippen molar-refractivity contribution >= 4 is 23.2 Å². The average molecular weight is 405 g/mol. The minimum atomic E-state index is -4.70. The number of nitro benzene ring substituents is 1. The van der Waals surface area contributed by atoms with Crippen molar-refractivity contribution in [2.24, 2.45) is 0 Å². The highest BCUT2D eigenvalue weighted by Crippen LogP contribution is 2.33. The van der Waals surface area contributed by atoms with Crippen LogP contribution in [0.15, 0.2) is 22.6 Å². The van der Waals surface area contributed by atoms with Crippen LogP contribution in [0.4, 0.5) is 18.9 Å². The van der Waals surface area contributed by atoms with Crippen LogP contribution in [0.3, 0.4) is 0 Å². The first kappa shape index (κ1) is 19.1. The lowest BCUT2D eigenvalue weighted by molar-refractivity contribution is -0.384. The van der Waals surface area contributed by atoms with Crippen molar-refractivity contribution in [3.63, 3.8) is 0 Å². The molecule has 1 aromatic heterocycles. The lowest BCUT2D eigenvalue weighted by Crippen LogP contribution is -2.38. The van der Waals surface area contributed by atoms with Gasteiger partial charge in [-0.25, -0.2) is 0 Å². The number of benzene rings is 1. The number of alkyl halides is 3. The molecule has 0 unspecified atom stereocenters. The lowest BCUT2D eigenvalue weighted by atomic mass is 9.96. The number of carbonyl (C=O) groups excluding carboxylic acids is 1. The maximum absolute atomic E-state index is 12.5. The number of halogens is 4. The second kappa shape index (κ2) is 7.14. The molecule has 0 radical (unpaired) electrons. The summed E-state index contributed by atoms with van der Waals surface area (Å²) in [7, 11) is 0. The highest BCUT2D eigenvalue weighted by atomic mass is 35.5. The first-order valence-electron chi connectivity index (χ1n) is 7.80. The predicted octanol–water partition coefficient (Wildman–Crippen LogP) is 3.67. The highest BCUT2D eigenvalue weighted by molar-refractivity contribution is 6.32. The number of aromatic nitrogens is 2. The monoisotopic (exact) mass is 404 g/mol. The van der Waals surface area contributed by atoms with Crippen LogP contribution in [0.25, 0.3) is 0 Å². The third-order valence-corrected chi connectivity index (χ3v) is 4.52. The van der Waals surface area contributed by atoms with Crippen LogP contribution >= 0.6 is 11.6 Å². The number of hydrogen-bond donors (Lipinski definition) is 0. The molecule has 8 nitrogen and oxygen atoms in total. The Hall–Kier alpha value is -2.69. The Bertz CT molecular complexity index is 878. The molecule has 2 aromatic rings. The van der Waals surface area contributed by atoms with Crippen LogP contribution in [0, 0.1) is 10.1 Å². The van der Waals surface area contributed by atoms with E-state index in [1.165, 1.54) is 17.0 Å². The third kappa shape index (κ3) is 4.02. The number of rotatable bonds is 3. The van der Waals surface area contributed by atoms with Crippen LogP contribution < -0.4 is 0 Å². The fourth-order valence-corrected chi connectivity index (χ4v) is 3.00. The van der Waals surface area contributed by atoms with Gasteiger partial charge in [-0.1, -0.05) is 11.6 Å². The number of amides is 1. The van der Waals surface area contributed by atoms with E-state index in [4.69, 9.17) is 11.6 Å². The van der Waals surface area contributed by atoms with Crippen LogP contribution in [-0.4, -0.2) is 39.0 Å². The van der Waals surface area contributed by atoms with Gasteiger partial charge in [-0.05, 0) is 25.0 Å². The minimum absolute atomic E-state index is 0.0767. The zero-order valence-corrected chi connectivity index (χ0v) is 14.3. The molecule has 0 spiro atoms. The lowest BCUT2D eigenvalue weighted by Gasteiger charge is -2.30. The molecule has 0 bridgehead atoms. The van der Waals surface area contributed by atoms with Gasteiger partial charge in [0.05, 0.1) is 4.92 Å². The Morgan fingerprint density at radius 1 is 1.30 bits per heavy atom. The fraction of sp³-hybridized carbons (Fsp3) is 0.400. The van der Waals surface area contributed by atoms with E-state index in [-0.39, 0.29) is 35.3 Å². The molecule has 1 aromatic carbocycles. The topological polar surface area (TPSA) is 102 Å². The van der Waals surface area contributed by atoms with Crippen LogP contribution in [0.5, 0.6) is 0 Å². The molecule has 0 N–H and O–H groups in total. The Morgan fingerprint density at radius 2 is 1.96 bits per heavy atom. The zero-order chi connectivity index (χ0) is 19.8. The smallest absolute Gasteiger partial charge is 0.417 e. The van der Waals surface area contributed by atoms with Gasteiger partial charge in [0.15, 0.2) is 0 Å². The molecule has 0 atom stereocenters. The summed E-state index contributed by atoms with van der Waals surface area (Å²) >= 11 is 5.73. The zero-order valence-electron chi connectivity index (χ0n) is 13.6. The largest absolute Gasteiger partial charge is 0.470 e. The maximum Gasteiger partial charge on any atom is 0.470 e. The molecule has 0 aliphatic carbocycles. The summed E-state index contributed by atoms with van der Waals surface area (Å²) in [4.78, 5) is 24.2. The molecule has 1 fully saturated rings. The number of hydrogen-bond acceptors (Lipinski definition) is 6. The molecule has 3 rings (SSSR count). The Kier molecular flexibility index (Phi) is 5.05. The van der Waals surface area contributed by atoms with Crippen LogP contribution in [0.1, 0.15) is 40.9 Å². The van der Waals surface area contributed by atoms with Gasteiger partial charge in [0.2, 0.25) is 5.89 Å². The third-order valence-electron chi connectivity index (χ3n) is 4.20. The summed E-state index contributed by atoms with van der Waals surface area (Å²) in [5.74, 6) is -2.33. The van der Waals surface area contributed by atoms with Crippen LogP contribution in [-0.2, 0) is 6.18 Å². The normalized spacial score (nSPS) is 15.8. The summed E-state index contributed by atoms with van der Waals surface area (Å²) in [6, 6.07) is 3.76. The second-order valence-electron chi connectivity index (χ2n) is 5.93.